The van der Waals surface area contributed by atoms with Gasteiger partial charge in [0.15, 0.2) is 0 Å². The maximum atomic E-state index is 9.21. The van der Waals surface area contributed by atoms with Crippen molar-refractivity contribution in [3.05, 3.63) is 0 Å². The van der Waals surface area contributed by atoms with Crippen LogP contribution in [0.1, 0.15) is 0 Å². The number of aliphatic hydroxyl groups is 3. The molecule has 0 radical (unpaired) electrons. The lowest BCUT2D eigenvalue weighted by molar-refractivity contribution is 0.0450. The molecule has 0 aliphatic rings. The van der Waals surface area contributed by atoms with Gasteiger partial charge in [-0.3, -0.25) is 0 Å². The fourth-order valence-electron chi connectivity index (χ4n) is 0.132. The number of aliphatic hydroxyl groups excluding tert-OH is 3. The molecule has 13 heavy (non-hydrogen) atoms. The fraction of sp³-hybridized carbons (Fsp3) is 0.600. The first-order valence-electron chi connectivity index (χ1n) is 2.97. The Morgan fingerprint density at radius 2 is 1.38 bits per heavy atom. The molecule has 0 amide bonds. The third-order valence-corrected chi connectivity index (χ3v) is 0.596. The highest BCUT2D eigenvalue weighted by Gasteiger charge is 2.01. The molecule has 5 N–H and O–H groups in total. The van der Waals surface area contributed by atoms with Crippen LogP contribution in [0.25, 0.3) is 0 Å². The summed E-state index contributed by atoms with van der Waals surface area (Å²) in [7, 11) is 0. The van der Waals surface area contributed by atoms with E-state index in [9.17, 15) is 9.59 Å². The zero-order chi connectivity index (χ0) is 10.9. The van der Waals surface area contributed by atoms with E-state index in [1.54, 1.807) is 0 Å². The van der Waals surface area contributed by atoms with Gasteiger partial charge in [0.2, 0.25) is 0 Å². The van der Waals surface area contributed by atoms with Crippen molar-refractivity contribution >= 4 is 12.3 Å². The molecule has 0 aliphatic heterocycles. The molecule has 0 spiro atoms. The highest BCUT2D eigenvalue weighted by Crippen LogP contribution is 1.73. The third-order valence-electron chi connectivity index (χ3n) is 0.596. The van der Waals surface area contributed by atoms with Crippen LogP contribution in [0.5, 0.6) is 0 Å². The summed E-state index contributed by atoms with van der Waals surface area (Å²) in [6.45, 7) is -0.729. The van der Waals surface area contributed by atoms with E-state index < -0.39 is 18.4 Å². The van der Waals surface area contributed by atoms with E-state index in [1.807, 2.05) is 0 Å². The Hall–Kier alpha value is -1.38. The Morgan fingerprint density at radius 1 is 1.08 bits per heavy atom. The minimum Gasteiger partial charge on any atom is -0.449 e. The standard InChI is InChI=1S/C3H8O3.C2H2O5/c4-1-3(6)2-5;3-1(4)7-2(5)6/h3-6H,1-2H2;(H,3,4)(H,5,6). The summed E-state index contributed by atoms with van der Waals surface area (Å²) in [4.78, 5) is 18.4. The lowest BCUT2D eigenvalue weighted by atomic mass is 10.4. The van der Waals surface area contributed by atoms with Crippen LogP contribution < -0.4 is 0 Å². The summed E-state index contributed by atoms with van der Waals surface area (Å²) in [5.41, 5.74) is 0. The average molecular weight is 198 g/mol. The lowest BCUT2D eigenvalue weighted by Crippen LogP contribution is -2.15. The molecule has 8 heteroatoms. The Morgan fingerprint density at radius 3 is 1.38 bits per heavy atom. The van der Waals surface area contributed by atoms with E-state index in [-0.39, 0.29) is 13.2 Å². The molecule has 0 aromatic carbocycles. The van der Waals surface area contributed by atoms with E-state index >= 15 is 0 Å². The third kappa shape index (κ3) is 18.0. The molecule has 0 heterocycles. The smallest absolute Gasteiger partial charge is 0.449 e. The van der Waals surface area contributed by atoms with Crippen molar-refractivity contribution in [1.82, 2.24) is 0 Å². The van der Waals surface area contributed by atoms with Crippen molar-refractivity contribution in [2.45, 2.75) is 6.10 Å². The van der Waals surface area contributed by atoms with Crippen LogP contribution in [0.3, 0.4) is 0 Å². The van der Waals surface area contributed by atoms with Crippen LogP contribution in [0.2, 0.25) is 0 Å². The van der Waals surface area contributed by atoms with Gasteiger partial charge in [-0.1, -0.05) is 0 Å². The summed E-state index contributed by atoms with van der Waals surface area (Å²) in [5.74, 6) is 0. The maximum Gasteiger partial charge on any atom is 0.516 e. The van der Waals surface area contributed by atoms with Crippen LogP contribution in [-0.4, -0.2) is 57.2 Å². The van der Waals surface area contributed by atoms with Crippen LogP contribution in [0, 0.1) is 0 Å². The van der Waals surface area contributed by atoms with Gasteiger partial charge in [0.1, 0.15) is 6.10 Å². The van der Waals surface area contributed by atoms with Crippen LogP contribution in [-0.2, 0) is 4.74 Å². The molecule has 0 aliphatic carbocycles. The Balaban J connectivity index is 0. The average Bonchev–Trinajstić information content (AvgIpc) is 2.01. The Kier molecular flexibility index (Phi) is 9.49. The molecule has 0 aromatic rings. The monoisotopic (exact) mass is 198 g/mol. The van der Waals surface area contributed by atoms with Gasteiger partial charge >= 0.3 is 12.3 Å². The van der Waals surface area contributed by atoms with Crippen LogP contribution in [0.15, 0.2) is 0 Å². The minimum atomic E-state index is -1.81. The predicted octanol–water partition coefficient (Wildman–Crippen LogP) is -1.31. The molecule has 0 atom stereocenters. The first-order chi connectivity index (χ1) is 5.93. The predicted molar refractivity (Wildman–Crippen MR) is 37.3 cm³/mol. The molecule has 0 bridgehead atoms. The molecule has 0 saturated heterocycles. The van der Waals surface area contributed by atoms with E-state index in [4.69, 9.17) is 25.5 Å². The van der Waals surface area contributed by atoms with Crippen molar-refractivity contribution in [2.24, 2.45) is 0 Å². The van der Waals surface area contributed by atoms with E-state index in [1.165, 1.54) is 0 Å². The zero-order valence-corrected chi connectivity index (χ0v) is 6.45. The van der Waals surface area contributed by atoms with Crippen LogP contribution >= 0.6 is 0 Å². The van der Waals surface area contributed by atoms with E-state index in [2.05, 4.69) is 4.74 Å². The molecule has 0 rings (SSSR count). The SMILES string of the molecule is O=C(O)OC(=O)O.OCC(O)CO. The number of ether oxygens (including phenoxy) is 1. The van der Waals surface area contributed by atoms with Gasteiger partial charge in [-0.25, -0.2) is 9.59 Å². The molecule has 8 nitrogen and oxygen atoms in total. The van der Waals surface area contributed by atoms with Crippen molar-refractivity contribution in [2.75, 3.05) is 13.2 Å². The van der Waals surface area contributed by atoms with Gasteiger partial charge in [-0.15, -0.1) is 0 Å². The van der Waals surface area contributed by atoms with Crippen molar-refractivity contribution in [3.63, 3.8) is 0 Å². The van der Waals surface area contributed by atoms with Gasteiger partial charge in [0.25, 0.3) is 0 Å². The number of hydrogen-bond acceptors (Lipinski definition) is 6. The summed E-state index contributed by atoms with van der Waals surface area (Å²) in [6, 6.07) is 0. The quantitative estimate of drug-likeness (QED) is 0.271. The normalized spacial score (nSPS) is 8.62. The molecule has 0 saturated carbocycles. The number of carboxylic acid groups (broad SMARTS) is 2. The molecular formula is C5H10O8. The summed E-state index contributed by atoms with van der Waals surface area (Å²) in [5, 5.41) is 39.0. The zero-order valence-electron chi connectivity index (χ0n) is 6.45. The van der Waals surface area contributed by atoms with Gasteiger partial charge in [0, 0.05) is 0 Å². The second-order valence-corrected chi connectivity index (χ2v) is 1.65. The second-order valence-electron chi connectivity index (χ2n) is 1.65. The molecular weight excluding hydrogens is 188 g/mol. The highest BCUT2D eigenvalue weighted by atomic mass is 16.7. The first-order valence-corrected chi connectivity index (χ1v) is 2.97. The number of hydrogen-bond donors (Lipinski definition) is 5. The van der Waals surface area contributed by atoms with E-state index in [0.717, 1.165) is 0 Å². The van der Waals surface area contributed by atoms with Gasteiger partial charge < -0.3 is 30.3 Å². The van der Waals surface area contributed by atoms with Gasteiger partial charge in [0.05, 0.1) is 13.2 Å². The second kappa shape index (κ2) is 8.71. The molecule has 78 valence electrons. The minimum absolute atomic E-state index is 0.365. The van der Waals surface area contributed by atoms with E-state index in [0.29, 0.717) is 0 Å². The lowest BCUT2D eigenvalue weighted by Gasteiger charge is -1.96. The van der Waals surface area contributed by atoms with Gasteiger partial charge in [-0.05, 0) is 0 Å². The maximum absolute atomic E-state index is 9.21. The number of rotatable bonds is 2. The molecule has 0 aromatic heterocycles. The summed E-state index contributed by atoms with van der Waals surface area (Å²) in [6.07, 6.45) is -4.58. The topological polar surface area (TPSA) is 145 Å². The largest absolute Gasteiger partial charge is 0.516 e. The van der Waals surface area contributed by atoms with Crippen molar-refractivity contribution < 1.29 is 39.9 Å². The van der Waals surface area contributed by atoms with Crippen molar-refractivity contribution in [3.8, 4) is 0 Å². The molecule has 0 fully saturated rings. The fourth-order valence-corrected chi connectivity index (χ4v) is 0.132. The number of carbonyl (C=O) groups is 2. The van der Waals surface area contributed by atoms with Gasteiger partial charge in [-0.2, -0.15) is 0 Å². The Bertz CT molecular complexity index is 139. The van der Waals surface area contributed by atoms with Crippen LogP contribution in [0.4, 0.5) is 9.59 Å². The highest BCUT2D eigenvalue weighted by molar-refractivity contribution is 5.74. The first kappa shape index (κ1) is 14.2. The van der Waals surface area contributed by atoms with Crippen molar-refractivity contribution in [1.29, 1.82) is 0 Å². The Labute approximate surface area is 72.6 Å². The summed E-state index contributed by atoms with van der Waals surface area (Å²) < 4.78 is 3.08. The summed E-state index contributed by atoms with van der Waals surface area (Å²) >= 11 is 0. The molecule has 0 unspecified atom stereocenters.